The van der Waals surface area contributed by atoms with Crippen molar-refractivity contribution in [3.63, 3.8) is 0 Å². The number of benzene rings is 2. The number of carbonyl (C=O) groups is 1. The van der Waals surface area contributed by atoms with E-state index in [1.165, 1.54) is 24.3 Å². The average molecular weight is 479 g/mol. The monoisotopic (exact) mass is 478 g/mol. The van der Waals surface area contributed by atoms with Gasteiger partial charge in [-0.25, -0.2) is 17.6 Å². The number of ether oxygens (including phenoxy) is 2. The normalized spacial score (nSPS) is 15.2. The zero-order chi connectivity index (χ0) is 24.2. The summed E-state index contributed by atoms with van der Waals surface area (Å²) < 4.78 is 52.9. The first-order valence-corrected chi connectivity index (χ1v) is 12.4. The molecule has 0 aromatic heterocycles. The fraction of sp³-hybridized carbons (Fsp3) is 0.458. The van der Waals surface area contributed by atoms with E-state index in [4.69, 9.17) is 9.47 Å². The highest BCUT2D eigenvalue weighted by molar-refractivity contribution is 7.92. The number of halogens is 1. The van der Waals surface area contributed by atoms with Crippen molar-refractivity contribution in [2.24, 2.45) is 5.92 Å². The molecule has 0 bridgehead atoms. The summed E-state index contributed by atoms with van der Waals surface area (Å²) in [6.07, 6.45) is 1.14. The van der Waals surface area contributed by atoms with Gasteiger partial charge in [-0.05, 0) is 70.7 Å². The number of hydrogen-bond donors (Lipinski definition) is 1. The smallest absolute Gasteiger partial charge is 0.410 e. The van der Waals surface area contributed by atoms with E-state index < -0.39 is 21.4 Å². The summed E-state index contributed by atoms with van der Waals surface area (Å²) in [7, 11) is -3.81. The summed E-state index contributed by atoms with van der Waals surface area (Å²) in [5, 5.41) is 0. The minimum absolute atomic E-state index is 0.0582. The van der Waals surface area contributed by atoms with Gasteiger partial charge < -0.3 is 14.4 Å². The molecule has 0 unspecified atom stereocenters. The van der Waals surface area contributed by atoms with Crippen molar-refractivity contribution in [3.05, 3.63) is 53.8 Å². The molecule has 7 nitrogen and oxygen atoms in total. The van der Waals surface area contributed by atoms with Crippen LogP contribution in [-0.4, -0.2) is 44.7 Å². The molecule has 1 N–H and O–H groups in total. The molecule has 1 heterocycles. The van der Waals surface area contributed by atoms with Crippen molar-refractivity contribution in [1.29, 1.82) is 0 Å². The summed E-state index contributed by atoms with van der Waals surface area (Å²) >= 11 is 0. The number of sulfonamides is 1. The number of likely N-dealkylation sites (tertiary alicyclic amines) is 1. The fourth-order valence-electron chi connectivity index (χ4n) is 3.43. The molecular weight excluding hydrogens is 447 g/mol. The van der Waals surface area contributed by atoms with Crippen molar-refractivity contribution in [2.75, 3.05) is 24.4 Å². The van der Waals surface area contributed by atoms with Gasteiger partial charge in [0.15, 0.2) is 11.6 Å². The SMILES string of the molecule is Cc1ccc(S(=O)(=O)Nc2ccc(OCC3CCN(C(=O)OC(C)(C)C)CC3)c(F)c2)cc1. The van der Waals surface area contributed by atoms with E-state index in [2.05, 4.69) is 4.72 Å². The first-order chi connectivity index (χ1) is 15.4. The number of piperidine rings is 1. The highest BCUT2D eigenvalue weighted by Crippen LogP contribution is 2.26. The molecule has 9 heteroatoms. The highest BCUT2D eigenvalue weighted by atomic mass is 32.2. The summed E-state index contributed by atoms with van der Waals surface area (Å²) in [6, 6.07) is 10.4. The minimum atomic E-state index is -3.81. The molecule has 1 aliphatic rings. The van der Waals surface area contributed by atoms with E-state index in [9.17, 15) is 17.6 Å². The van der Waals surface area contributed by atoms with E-state index in [0.29, 0.717) is 19.7 Å². The fourth-order valence-corrected chi connectivity index (χ4v) is 4.48. The third-order valence-electron chi connectivity index (χ3n) is 5.26. The van der Waals surface area contributed by atoms with Gasteiger partial charge in [-0.1, -0.05) is 17.7 Å². The largest absolute Gasteiger partial charge is 0.490 e. The van der Waals surface area contributed by atoms with E-state index in [1.54, 1.807) is 17.0 Å². The number of amides is 1. The van der Waals surface area contributed by atoms with Crippen LogP contribution in [0.3, 0.4) is 0 Å². The Balaban J connectivity index is 1.52. The molecule has 180 valence electrons. The van der Waals surface area contributed by atoms with Gasteiger partial charge in [0.05, 0.1) is 17.2 Å². The lowest BCUT2D eigenvalue weighted by molar-refractivity contribution is 0.0164. The molecule has 2 aromatic rings. The van der Waals surface area contributed by atoms with E-state index in [-0.39, 0.29) is 28.3 Å². The molecule has 1 aliphatic heterocycles. The Hall–Kier alpha value is -2.81. The van der Waals surface area contributed by atoms with Gasteiger partial charge >= 0.3 is 6.09 Å². The number of nitrogens with zero attached hydrogens (tertiary/aromatic N) is 1. The third-order valence-corrected chi connectivity index (χ3v) is 6.65. The maximum Gasteiger partial charge on any atom is 0.410 e. The zero-order valence-electron chi connectivity index (χ0n) is 19.4. The molecular formula is C24H31FN2O5S. The Morgan fingerprint density at radius 3 is 2.33 bits per heavy atom. The molecule has 33 heavy (non-hydrogen) atoms. The Bertz CT molecular complexity index is 1070. The average Bonchev–Trinajstić information content (AvgIpc) is 2.72. The third kappa shape index (κ3) is 7.08. The zero-order valence-corrected chi connectivity index (χ0v) is 20.2. The molecule has 0 aliphatic carbocycles. The van der Waals surface area contributed by atoms with Crippen molar-refractivity contribution in [2.45, 2.75) is 51.0 Å². The molecule has 1 fully saturated rings. The number of aryl methyl sites for hydroxylation is 1. The molecule has 1 saturated heterocycles. The van der Waals surface area contributed by atoms with Crippen LogP contribution >= 0.6 is 0 Å². The Labute approximate surface area is 194 Å². The molecule has 3 rings (SSSR count). The molecule has 0 radical (unpaired) electrons. The standard InChI is InChI=1S/C24H31FN2O5S/c1-17-5-8-20(9-6-17)33(29,30)26-19-7-10-22(21(25)15-19)31-16-18-11-13-27(14-12-18)23(28)32-24(2,3)4/h5-10,15,18,26H,11-14,16H2,1-4H3. The van der Waals surface area contributed by atoms with Crippen LogP contribution in [0.25, 0.3) is 0 Å². The first-order valence-electron chi connectivity index (χ1n) is 10.9. The molecule has 0 spiro atoms. The lowest BCUT2D eigenvalue weighted by Gasteiger charge is -2.33. The number of rotatable bonds is 6. The lowest BCUT2D eigenvalue weighted by Crippen LogP contribution is -2.42. The first kappa shape index (κ1) is 24.8. The second-order valence-corrected chi connectivity index (χ2v) is 11.0. The van der Waals surface area contributed by atoms with Crippen LogP contribution in [0, 0.1) is 18.7 Å². The van der Waals surface area contributed by atoms with Gasteiger partial charge in [-0.2, -0.15) is 0 Å². The van der Waals surface area contributed by atoms with Crippen LogP contribution in [0.15, 0.2) is 47.4 Å². The van der Waals surface area contributed by atoms with Crippen LogP contribution in [-0.2, 0) is 14.8 Å². The topological polar surface area (TPSA) is 84.9 Å². The molecule has 2 aromatic carbocycles. The maximum absolute atomic E-state index is 14.5. The van der Waals surface area contributed by atoms with Crippen molar-refractivity contribution >= 4 is 21.8 Å². The van der Waals surface area contributed by atoms with Gasteiger partial charge in [-0.15, -0.1) is 0 Å². The summed E-state index contributed by atoms with van der Waals surface area (Å²) in [5.41, 5.74) is 0.526. The second kappa shape index (κ2) is 9.99. The summed E-state index contributed by atoms with van der Waals surface area (Å²) in [6.45, 7) is 8.79. The predicted molar refractivity (Wildman–Crippen MR) is 124 cm³/mol. The second-order valence-electron chi connectivity index (χ2n) is 9.29. The van der Waals surface area contributed by atoms with Gasteiger partial charge in [0.25, 0.3) is 10.0 Å². The van der Waals surface area contributed by atoms with Gasteiger partial charge in [-0.3, -0.25) is 4.72 Å². The molecule has 0 saturated carbocycles. The van der Waals surface area contributed by atoms with E-state index in [1.807, 2.05) is 27.7 Å². The number of nitrogens with one attached hydrogen (secondary N) is 1. The van der Waals surface area contributed by atoms with Crippen molar-refractivity contribution in [1.82, 2.24) is 4.90 Å². The number of anilines is 1. The molecule has 0 atom stereocenters. The quantitative estimate of drug-likeness (QED) is 0.634. The van der Waals surface area contributed by atoms with Crippen LogP contribution in [0.5, 0.6) is 5.75 Å². The Kier molecular flexibility index (Phi) is 7.51. The highest BCUT2D eigenvalue weighted by Gasteiger charge is 2.27. The van der Waals surface area contributed by atoms with Crippen molar-refractivity contribution in [3.8, 4) is 5.75 Å². The molecule has 1 amide bonds. The van der Waals surface area contributed by atoms with Gasteiger partial charge in [0.2, 0.25) is 0 Å². The van der Waals surface area contributed by atoms with Crippen LogP contribution < -0.4 is 9.46 Å². The number of carbonyl (C=O) groups excluding carboxylic acids is 1. The van der Waals surface area contributed by atoms with Gasteiger partial charge in [0.1, 0.15) is 5.60 Å². The maximum atomic E-state index is 14.5. The van der Waals surface area contributed by atoms with Crippen LogP contribution in [0.2, 0.25) is 0 Å². The number of hydrogen-bond acceptors (Lipinski definition) is 5. The predicted octanol–water partition coefficient (Wildman–Crippen LogP) is 4.96. The van der Waals surface area contributed by atoms with Crippen LogP contribution in [0.1, 0.15) is 39.2 Å². The summed E-state index contributed by atoms with van der Waals surface area (Å²) in [5.74, 6) is -0.407. The lowest BCUT2D eigenvalue weighted by atomic mass is 9.98. The minimum Gasteiger partial charge on any atom is -0.490 e. The Morgan fingerprint density at radius 2 is 1.76 bits per heavy atom. The van der Waals surface area contributed by atoms with Gasteiger partial charge in [0, 0.05) is 19.2 Å². The Morgan fingerprint density at radius 1 is 1.12 bits per heavy atom. The van der Waals surface area contributed by atoms with E-state index in [0.717, 1.165) is 24.5 Å². The van der Waals surface area contributed by atoms with Crippen LogP contribution in [0.4, 0.5) is 14.9 Å². The van der Waals surface area contributed by atoms with E-state index >= 15 is 0 Å². The summed E-state index contributed by atoms with van der Waals surface area (Å²) in [4.78, 5) is 13.9. The van der Waals surface area contributed by atoms with Crippen molar-refractivity contribution < 1.29 is 27.1 Å².